The first-order chi connectivity index (χ1) is 10.2. The SMILES string of the molecule is COC(=O)CC1=C2CC=CC=C2NC(=O)c2ccccc21. The van der Waals surface area contributed by atoms with Crippen molar-refractivity contribution >= 4 is 17.4 Å². The molecule has 0 bridgehead atoms. The number of fused-ring (bicyclic) bond motifs is 2. The van der Waals surface area contributed by atoms with Crippen LogP contribution in [0.4, 0.5) is 0 Å². The molecule has 0 saturated carbocycles. The topological polar surface area (TPSA) is 55.4 Å². The molecule has 106 valence electrons. The molecule has 4 heteroatoms. The van der Waals surface area contributed by atoms with Crippen molar-refractivity contribution in [3.8, 4) is 0 Å². The highest BCUT2D eigenvalue weighted by molar-refractivity contribution is 6.04. The summed E-state index contributed by atoms with van der Waals surface area (Å²) in [6.45, 7) is 0. The van der Waals surface area contributed by atoms with Crippen LogP contribution in [0.5, 0.6) is 0 Å². The number of rotatable bonds is 2. The summed E-state index contributed by atoms with van der Waals surface area (Å²) in [6, 6.07) is 7.34. The number of amides is 1. The second-order valence-electron chi connectivity index (χ2n) is 4.92. The van der Waals surface area contributed by atoms with Gasteiger partial charge in [-0.1, -0.05) is 30.4 Å². The van der Waals surface area contributed by atoms with Crippen LogP contribution in [0.25, 0.3) is 5.57 Å². The highest BCUT2D eigenvalue weighted by Gasteiger charge is 2.26. The fourth-order valence-electron chi connectivity index (χ4n) is 2.68. The fourth-order valence-corrected chi connectivity index (χ4v) is 2.68. The van der Waals surface area contributed by atoms with Crippen LogP contribution in [0.2, 0.25) is 0 Å². The number of benzene rings is 1. The number of hydrogen-bond acceptors (Lipinski definition) is 3. The summed E-state index contributed by atoms with van der Waals surface area (Å²) in [6.07, 6.45) is 6.62. The molecule has 0 atom stereocenters. The van der Waals surface area contributed by atoms with Crippen molar-refractivity contribution in [2.45, 2.75) is 12.8 Å². The Hall–Kier alpha value is -2.62. The minimum absolute atomic E-state index is 0.149. The maximum absolute atomic E-state index is 12.3. The number of ether oxygens (including phenoxy) is 1. The van der Waals surface area contributed by atoms with Crippen LogP contribution in [0.3, 0.4) is 0 Å². The van der Waals surface area contributed by atoms with E-state index < -0.39 is 0 Å². The van der Waals surface area contributed by atoms with Gasteiger partial charge in [0, 0.05) is 11.3 Å². The first-order valence-corrected chi connectivity index (χ1v) is 6.77. The van der Waals surface area contributed by atoms with E-state index in [0.717, 1.165) is 22.4 Å². The molecule has 0 radical (unpaired) electrons. The maximum atomic E-state index is 12.3. The molecule has 0 unspecified atom stereocenters. The molecule has 2 aliphatic rings. The van der Waals surface area contributed by atoms with Gasteiger partial charge in [-0.05, 0) is 35.3 Å². The normalized spacial score (nSPS) is 16.4. The summed E-state index contributed by atoms with van der Waals surface area (Å²) >= 11 is 0. The van der Waals surface area contributed by atoms with E-state index in [1.165, 1.54) is 7.11 Å². The third-order valence-corrected chi connectivity index (χ3v) is 3.70. The molecule has 0 saturated heterocycles. The van der Waals surface area contributed by atoms with E-state index in [1.54, 1.807) is 6.07 Å². The van der Waals surface area contributed by atoms with Crippen LogP contribution >= 0.6 is 0 Å². The zero-order chi connectivity index (χ0) is 14.8. The quantitative estimate of drug-likeness (QED) is 0.848. The number of methoxy groups -OCH3 is 1. The summed E-state index contributed by atoms with van der Waals surface area (Å²) in [5.74, 6) is -0.458. The van der Waals surface area contributed by atoms with Crippen LogP contribution < -0.4 is 5.32 Å². The predicted molar refractivity (Wildman–Crippen MR) is 79.3 cm³/mol. The lowest BCUT2D eigenvalue weighted by molar-refractivity contribution is -0.139. The molecule has 1 amide bonds. The Kier molecular flexibility index (Phi) is 3.44. The standard InChI is InChI=1S/C17H15NO3/c1-21-16(19)10-14-11-6-2-3-8-13(11)17(20)18-15-9-5-4-7-12(14)15/h2-6,8-9H,7,10H2,1H3,(H,18,20). The van der Waals surface area contributed by atoms with Crippen molar-refractivity contribution in [1.82, 2.24) is 5.32 Å². The van der Waals surface area contributed by atoms with Gasteiger partial charge in [-0.15, -0.1) is 0 Å². The van der Waals surface area contributed by atoms with Crippen molar-refractivity contribution in [2.75, 3.05) is 7.11 Å². The molecule has 3 rings (SSSR count). The molecule has 1 aliphatic carbocycles. The first kappa shape index (κ1) is 13.4. The van der Waals surface area contributed by atoms with Gasteiger partial charge in [0.1, 0.15) is 0 Å². The van der Waals surface area contributed by atoms with E-state index in [2.05, 4.69) is 5.32 Å². The molecule has 1 aliphatic heterocycles. The van der Waals surface area contributed by atoms with Crippen molar-refractivity contribution in [3.63, 3.8) is 0 Å². The minimum atomic E-state index is -0.310. The number of nitrogens with one attached hydrogen (secondary N) is 1. The number of allylic oxidation sites excluding steroid dienone is 4. The largest absolute Gasteiger partial charge is 0.469 e. The van der Waals surface area contributed by atoms with Gasteiger partial charge in [-0.2, -0.15) is 0 Å². The summed E-state index contributed by atoms with van der Waals surface area (Å²) in [5, 5.41) is 2.92. The fraction of sp³-hybridized carbons (Fsp3) is 0.176. The van der Waals surface area contributed by atoms with E-state index in [1.807, 2.05) is 36.4 Å². The molecule has 0 spiro atoms. The number of carbonyl (C=O) groups is 2. The molecule has 1 aromatic carbocycles. The summed E-state index contributed by atoms with van der Waals surface area (Å²) in [7, 11) is 1.37. The Morgan fingerprint density at radius 3 is 2.81 bits per heavy atom. The Morgan fingerprint density at radius 1 is 1.29 bits per heavy atom. The van der Waals surface area contributed by atoms with Gasteiger partial charge in [0.25, 0.3) is 5.91 Å². The number of carbonyl (C=O) groups excluding carboxylic acids is 2. The molecule has 1 aromatic rings. The smallest absolute Gasteiger partial charge is 0.310 e. The second-order valence-corrected chi connectivity index (χ2v) is 4.92. The van der Waals surface area contributed by atoms with Crippen molar-refractivity contribution in [3.05, 3.63) is 64.9 Å². The van der Waals surface area contributed by atoms with Crippen LogP contribution in [-0.4, -0.2) is 19.0 Å². The Balaban J connectivity index is 2.20. The molecule has 4 nitrogen and oxygen atoms in total. The third kappa shape index (κ3) is 2.40. The minimum Gasteiger partial charge on any atom is -0.469 e. The molecule has 1 N–H and O–H groups in total. The molecular weight excluding hydrogens is 266 g/mol. The summed E-state index contributed by atoms with van der Waals surface area (Å²) < 4.78 is 4.80. The van der Waals surface area contributed by atoms with Crippen LogP contribution in [0.1, 0.15) is 28.8 Å². The van der Waals surface area contributed by atoms with E-state index in [9.17, 15) is 9.59 Å². The number of esters is 1. The average Bonchev–Trinajstić information content (AvgIpc) is 2.63. The third-order valence-electron chi connectivity index (χ3n) is 3.70. The van der Waals surface area contributed by atoms with Gasteiger partial charge in [0.05, 0.1) is 13.5 Å². The lowest BCUT2D eigenvalue weighted by Gasteiger charge is -2.16. The van der Waals surface area contributed by atoms with E-state index in [4.69, 9.17) is 4.74 Å². The zero-order valence-corrected chi connectivity index (χ0v) is 11.7. The zero-order valence-electron chi connectivity index (χ0n) is 11.7. The van der Waals surface area contributed by atoms with Crippen molar-refractivity contribution in [1.29, 1.82) is 0 Å². The molecule has 0 fully saturated rings. The van der Waals surface area contributed by atoms with Gasteiger partial charge >= 0.3 is 5.97 Å². The van der Waals surface area contributed by atoms with Crippen LogP contribution in [0.15, 0.2) is 53.8 Å². The highest BCUT2D eigenvalue weighted by atomic mass is 16.5. The monoisotopic (exact) mass is 281 g/mol. The van der Waals surface area contributed by atoms with Gasteiger partial charge in [-0.25, -0.2) is 0 Å². The highest BCUT2D eigenvalue weighted by Crippen LogP contribution is 2.35. The molecule has 1 heterocycles. The van der Waals surface area contributed by atoms with Crippen molar-refractivity contribution < 1.29 is 14.3 Å². The van der Waals surface area contributed by atoms with E-state index >= 15 is 0 Å². The molecule has 0 aromatic heterocycles. The Labute approximate surface area is 122 Å². The lowest BCUT2D eigenvalue weighted by atomic mass is 9.90. The van der Waals surface area contributed by atoms with E-state index in [0.29, 0.717) is 12.0 Å². The van der Waals surface area contributed by atoms with Crippen molar-refractivity contribution in [2.24, 2.45) is 0 Å². The van der Waals surface area contributed by atoms with E-state index in [-0.39, 0.29) is 18.3 Å². The predicted octanol–water partition coefficient (Wildman–Crippen LogP) is 2.59. The average molecular weight is 281 g/mol. The van der Waals surface area contributed by atoms with Gasteiger partial charge in [0.2, 0.25) is 0 Å². The second kappa shape index (κ2) is 5.40. The number of hydrogen-bond donors (Lipinski definition) is 1. The Morgan fingerprint density at radius 2 is 2.05 bits per heavy atom. The maximum Gasteiger partial charge on any atom is 0.310 e. The summed E-state index contributed by atoms with van der Waals surface area (Å²) in [5.41, 5.74) is 3.97. The Bertz CT molecular complexity index is 711. The van der Waals surface area contributed by atoms with Crippen LogP contribution in [-0.2, 0) is 9.53 Å². The van der Waals surface area contributed by atoms with Gasteiger partial charge < -0.3 is 10.1 Å². The first-order valence-electron chi connectivity index (χ1n) is 6.77. The molecule has 21 heavy (non-hydrogen) atoms. The van der Waals surface area contributed by atoms with Gasteiger partial charge in [-0.3, -0.25) is 9.59 Å². The summed E-state index contributed by atoms with van der Waals surface area (Å²) in [4.78, 5) is 24.1. The van der Waals surface area contributed by atoms with Crippen LogP contribution in [0, 0.1) is 0 Å². The lowest BCUT2D eigenvalue weighted by Crippen LogP contribution is -2.23. The van der Waals surface area contributed by atoms with Gasteiger partial charge in [0.15, 0.2) is 0 Å². The molecular formula is C17H15NO3.